The van der Waals surface area contributed by atoms with Crippen LogP contribution in [0, 0.1) is 5.41 Å². The zero-order valence-corrected chi connectivity index (χ0v) is 12.6. The zero-order valence-electron chi connectivity index (χ0n) is 12.6. The second-order valence-electron chi connectivity index (χ2n) is 5.57. The van der Waals surface area contributed by atoms with Crippen molar-refractivity contribution in [2.75, 3.05) is 19.6 Å². The number of aliphatic imine (C=N–C) groups is 1. The molecule has 0 aliphatic carbocycles. The largest absolute Gasteiger partial charge is 0.357 e. The summed E-state index contributed by atoms with van der Waals surface area (Å²) in [4.78, 5) is 16.0. The Morgan fingerprint density at radius 1 is 1.22 bits per heavy atom. The van der Waals surface area contributed by atoms with Gasteiger partial charge in [0.15, 0.2) is 5.96 Å². The molecule has 0 spiro atoms. The van der Waals surface area contributed by atoms with Crippen molar-refractivity contribution in [2.24, 2.45) is 10.4 Å². The SMILES string of the molecule is CCNC(=NCCNC(=O)C(C)(C)C)NC(C)C. The van der Waals surface area contributed by atoms with Gasteiger partial charge >= 0.3 is 0 Å². The van der Waals surface area contributed by atoms with Crippen LogP contribution in [0.15, 0.2) is 4.99 Å². The minimum Gasteiger partial charge on any atom is -0.357 e. The van der Waals surface area contributed by atoms with E-state index in [4.69, 9.17) is 0 Å². The van der Waals surface area contributed by atoms with E-state index >= 15 is 0 Å². The highest BCUT2D eigenvalue weighted by Crippen LogP contribution is 2.11. The summed E-state index contributed by atoms with van der Waals surface area (Å²) in [5.74, 6) is 0.844. The Morgan fingerprint density at radius 3 is 2.28 bits per heavy atom. The van der Waals surface area contributed by atoms with Gasteiger partial charge in [0.1, 0.15) is 0 Å². The molecule has 0 aromatic heterocycles. The summed E-state index contributed by atoms with van der Waals surface area (Å²) in [6.07, 6.45) is 0. The lowest BCUT2D eigenvalue weighted by Gasteiger charge is -2.17. The molecule has 0 aliphatic heterocycles. The van der Waals surface area contributed by atoms with Gasteiger partial charge in [-0.1, -0.05) is 20.8 Å². The number of carbonyl (C=O) groups excluding carboxylic acids is 1. The summed E-state index contributed by atoms with van der Waals surface area (Å²) in [7, 11) is 0. The van der Waals surface area contributed by atoms with Crippen LogP contribution < -0.4 is 16.0 Å². The maximum absolute atomic E-state index is 11.6. The van der Waals surface area contributed by atoms with Crippen molar-refractivity contribution in [1.29, 1.82) is 0 Å². The van der Waals surface area contributed by atoms with Crippen LogP contribution >= 0.6 is 0 Å². The van der Waals surface area contributed by atoms with Crippen molar-refractivity contribution in [2.45, 2.75) is 47.6 Å². The van der Waals surface area contributed by atoms with Crippen LogP contribution in [0.3, 0.4) is 0 Å². The number of hydrogen-bond acceptors (Lipinski definition) is 2. The van der Waals surface area contributed by atoms with Crippen LogP contribution in [0.5, 0.6) is 0 Å². The molecule has 106 valence electrons. The van der Waals surface area contributed by atoms with E-state index < -0.39 is 0 Å². The Kier molecular flexibility index (Phi) is 7.39. The van der Waals surface area contributed by atoms with Crippen LogP contribution in [0.25, 0.3) is 0 Å². The van der Waals surface area contributed by atoms with E-state index in [0.29, 0.717) is 19.1 Å². The maximum Gasteiger partial charge on any atom is 0.225 e. The first-order valence-corrected chi connectivity index (χ1v) is 6.60. The number of amides is 1. The summed E-state index contributed by atoms with van der Waals surface area (Å²) < 4.78 is 0. The van der Waals surface area contributed by atoms with Gasteiger partial charge in [-0.2, -0.15) is 0 Å². The third kappa shape index (κ3) is 7.92. The molecule has 0 fully saturated rings. The third-order valence-corrected chi connectivity index (χ3v) is 2.12. The monoisotopic (exact) mass is 256 g/mol. The minimum absolute atomic E-state index is 0.0551. The molecule has 0 rings (SSSR count). The van der Waals surface area contributed by atoms with Gasteiger partial charge in [-0.15, -0.1) is 0 Å². The number of nitrogens with zero attached hydrogens (tertiary/aromatic N) is 1. The van der Waals surface area contributed by atoms with Crippen LogP contribution in [-0.2, 0) is 4.79 Å². The maximum atomic E-state index is 11.6. The van der Waals surface area contributed by atoms with Crippen LogP contribution in [0.2, 0.25) is 0 Å². The Balaban J connectivity index is 4.07. The van der Waals surface area contributed by atoms with Gasteiger partial charge in [-0.25, -0.2) is 0 Å². The van der Waals surface area contributed by atoms with E-state index in [9.17, 15) is 4.79 Å². The van der Waals surface area contributed by atoms with Crippen LogP contribution in [0.1, 0.15) is 41.5 Å². The second-order valence-corrected chi connectivity index (χ2v) is 5.57. The molecule has 5 nitrogen and oxygen atoms in total. The molecule has 3 N–H and O–H groups in total. The molecule has 0 aromatic rings. The Hall–Kier alpha value is -1.26. The minimum atomic E-state index is -0.343. The van der Waals surface area contributed by atoms with Crippen molar-refractivity contribution >= 4 is 11.9 Å². The quantitative estimate of drug-likeness (QED) is 0.392. The van der Waals surface area contributed by atoms with Gasteiger partial charge in [0.05, 0.1) is 6.54 Å². The van der Waals surface area contributed by atoms with E-state index in [0.717, 1.165) is 12.5 Å². The summed E-state index contributed by atoms with van der Waals surface area (Å²) in [5.41, 5.74) is -0.343. The van der Waals surface area contributed by atoms with E-state index in [1.54, 1.807) is 0 Å². The molecule has 0 unspecified atom stereocenters. The van der Waals surface area contributed by atoms with E-state index in [1.807, 2.05) is 27.7 Å². The van der Waals surface area contributed by atoms with Crippen molar-refractivity contribution in [3.05, 3.63) is 0 Å². The van der Waals surface area contributed by atoms with Gasteiger partial charge in [-0.05, 0) is 20.8 Å². The van der Waals surface area contributed by atoms with Crippen LogP contribution in [0.4, 0.5) is 0 Å². The molecule has 1 amide bonds. The predicted octanol–water partition coefficient (Wildman–Crippen LogP) is 1.11. The molecule has 0 radical (unpaired) electrons. The van der Waals surface area contributed by atoms with E-state index in [1.165, 1.54) is 0 Å². The summed E-state index contributed by atoms with van der Waals surface area (Å²) in [6, 6.07) is 0.340. The molecule has 18 heavy (non-hydrogen) atoms. The molecule has 0 heterocycles. The second kappa shape index (κ2) is 7.95. The third-order valence-electron chi connectivity index (χ3n) is 2.12. The highest BCUT2D eigenvalue weighted by atomic mass is 16.2. The standard InChI is InChI=1S/C13H28N4O/c1-7-14-12(17-10(2)3)16-9-8-15-11(18)13(4,5)6/h10H,7-9H2,1-6H3,(H,15,18)(H2,14,16,17). The van der Waals surface area contributed by atoms with Crippen LogP contribution in [-0.4, -0.2) is 37.5 Å². The number of carbonyl (C=O) groups is 1. The lowest BCUT2D eigenvalue weighted by atomic mass is 9.96. The highest BCUT2D eigenvalue weighted by Gasteiger charge is 2.20. The van der Waals surface area contributed by atoms with Gasteiger partial charge in [0.2, 0.25) is 5.91 Å². The summed E-state index contributed by atoms with van der Waals surface area (Å²) in [5, 5.41) is 9.26. The summed E-state index contributed by atoms with van der Waals surface area (Å²) in [6.45, 7) is 13.8. The normalized spacial score (nSPS) is 12.5. The van der Waals surface area contributed by atoms with Gasteiger partial charge in [-0.3, -0.25) is 9.79 Å². The molecule has 0 aromatic carbocycles. The molecule has 0 saturated heterocycles. The van der Waals surface area contributed by atoms with Crippen molar-refractivity contribution in [3.63, 3.8) is 0 Å². The molecular formula is C13H28N4O. The predicted molar refractivity (Wildman–Crippen MR) is 76.7 cm³/mol. The van der Waals surface area contributed by atoms with Crippen molar-refractivity contribution < 1.29 is 4.79 Å². The van der Waals surface area contributed by atoms with Gasteiger partial charge in [0, 0.05) is 24.5 Å². The number of rotatable bonds is 5. The first-order chi connectivity index (χ1) is 8.27. The molecule has 0 bridgehead atoms. The molecule has 0 aliphatic rings. The Bertz CT molecular complexity index is 279. The average Bonchev–Trinajstić information content (AvgIpc) is 2.21. The van der Waals surface area contributed by atoms with Crippen molar-refractivity contribution in [1.82, 2.24) is 16.0 Å². The first kappa shape index (κ1) is 16.7. The van der Waals surface area contributed by atoms with E-state index in [-0.39, 0.29) is 11.3 Å². The summed E-state index contributed by atoms with van der Waals surface area (Å²) >= 11 is 0. The topological polar surface area (TPSA) is 65.5 Å². The fourth-order valence-corrected chi connectivity index (χ4v) is 1.20. The smallest absolute Gasteiger partial charge is 0.225 e. The number of nitrogens with one attached hydrogen (secondary N) is 3. The first-order valence-electron chi connectivity index (χ1n) is 6.60. The Labute approximate surface area is 111 Å². The van der Waals surface area contributed by atoms with Crippen molar-refractivity contribution in [3.8, 4) is 0 Å². The lowest BCUT2D eigenvalue weighted by Crippen LogP contribution is -2.42. The fraction of sp³-hybridized carbons (Fsp3) is 0.846. The van der Waals surface area contributed by atoms with E-state index in [2.05, 4.69) is 34.8 Å². The molecule has 0 saturated carbocycles. The highest BCUT2D eigenvalue weighted by molar-refractivity contribution is 5.81. The fourth-order valence-electron chi connectivity index (χ4n) is 1.20. The number of hydrogen-bond donors (Lipinski definition) is 3. The zero-order chi connectivity index (χ0) is 14.2. The lowest BCUT2D eigenvalue weighted by molar-refractivity contribution is -0.128. The molecular weight excluding hydrogens is 228 g/mol. The van der Waals surface area contributed by atoms with Gasteiger partial charge < -0.3 is 16.0 Å². The number of guanidine groups is 1. The van der Waals surface area contributed by atoms with Gasteiger partial charge in [0.25, 0.3) is 0 Å². The average molecular weight is 256 g/mol. The Morgan fingerprint density at radius 2 is 1.83 bits per heavy atom. The molecule has 5 heteroatoms. The molecule has 0 atom stereocenters.